The van der Waals surface area contributed by atoms with Crippen LogP contribution in [0.2, 0.25) is 0 Å². The highest BCUT2D eigenvalue weighted by molar-refractivity contribution is 7.93. The zero-order valence-electron chi connectivity index (χ0n) is 18.2. The summed E-state index contributed by atoms with van der Waals surface area (Å²) in [5, 5.41) is 0. The fourth-order valence-electron chi connectivity index (χ4n) is 3.38. The van der Waals surface area contributed by atoms with E-state index in [0.29, 0.717) is 16.7 Å². The molecule has 0 N–H and O–H groups in total. The number of halogens is 3. The molecule has 0 saturated carbocycles. The molecule has 0 aliphatic rings. The molecule has 8 nitrogen and oxygen atoms in total. The van der Waals surface area contributed by atoms with Crippen LogP contribution in [0.1, 0.15) is 15.9 Å². The van der Waals surface area contributed by atoms with Crippen LogP contribution in [0.15, 0.2) is 76.4 Å². The molecular formula is C23H17F3N2O6S. The Morgan fingerprint density at radius 3 is 2.34 bits per heavy atom. The lowest BCUT2D eigenvalue weighted by atomic mass is 10.1. The minimum absolute atomic E-state index is 0.0163. The van der Waals surface area contributed by atoms with Crippen LogP contribution in [0, 0.1) is 6.92 Å². The average Bonchev–Trinajstić information content (AvgIpc) is 3.27. The summed E-state index contributed by atoms with van der Waals surface area (Å²) in [6.07, 6.45) is -3.71. The summed E-state index contributed by atoms with van der Waals surface area (Å²) in [4.78, 5) is 15.9. The minimum Gasteiger partial charge on any atom is -0.465 e. The third kappa shape index (κ3) is 4.92. The molecule has 0 spiro atoms. The number of nitrogens with zero attached hydrogens (tertiary/aromatic N) is 2. The molecule has 182 valence electrons. The number of aryl methyl sites for hydroxylation is 1. The Labute approximate surface area is 197 Å². The Balaban J connectivity index is 1.87. The molecule has 3 aromatic carbocycles. The van der Waals surface area contributed by atoms with Crippen molar-refractivity contribution in [2.24, 2.45) is 0 Å². The Kier molecular flexibility index (Phi) is 6.15. The number of anilines is 2. The molecule has 0 radical (unpaired) electrons. The highest BCUT2D eigenvalue weighted by Crippen LogP contribution is 2.36. The molecule has 4 aromatic rings. The van der Waals surface area contributed by atoms with Crippen molar-refractivity contribution >= 4 is 38.5 Å². The lowest BCUT2D eigenvalue weighted by molar-refractivity contribution is -0.274. The van der Waals surface area contributed by atoms with E-state index in [-0.39, 0.29) is 21.8 Å². The maximum Gasteiger partial charge on any atom is 0.573 e. The maximum atomic E-state index is 13.8. The Morgan fingerprint density at radius 1 is 1.00 bits per heavy atom. The molecule has 4 rings (SSSR count). The number of carbonyl (C=O) groups is 1. The predicted octanol–water partition coefficient (Wildman–Crippen LogP) is 5.35. The quantitative estimate of drug-likeness (QED) is 0.325. The number of benzene rings is 3. The van der Waals surface area contributed by atoms with Crippen LogP contribution in [0.25, 0.3) is 11.1 Å². The molecular weight excluding hydrogens is 489 g/mol. The SMILES string of the molecule is COC(=O)c1cc(S(=O)(=O)N(c2ccc(OC(F)(F)F)cc2)c2ccc3ocnc3c2)ccc1C. The van der Waals surface area contributed by atoms with Crippen molar-refractivity contribution in [3.8, 4) is 5.75 Å². The zero-order valence-corrected chi connectivity index (χ0v) is 19.1. The second kappa shape index (κ2) is 8.95. The van der Waals surface area contributed by atoms with E-state index in [9.17, 15) is 26.4 Å². The van der Waals surface area contributed by atoms with Crippen LogP contribution in [0.4, 0.5) is 24.5 Å². The van der Waals surface area contributed by atoms with Crippen molar-refractivity contribution in [1.29, 1.82) is 0 Å². The summed E-state index contributed by atoms with van der Waals surface area (Å²) in [6, 6.07) is 12.7. The van der Waals surface area contributed by atoms with E-state index >= 15 is 0 Å². The second-order valence-corrected chi connectivity index (χ2v) is 9.07. The number of hydrogen-bond donors (Lipinski definition) is 0. The number of aromatic nitrogens is 1. The smallest absolute Gasteiger partial charge is 0.465 e. The van der Waals surface area contributed by atoms with Gasteiger partial charge in [-0.3, -0.25) is 0 Å². The number of oxazole rings is 1. The maximum absolute atomic E-state index is 13.8. The summed E-state index contributed by atoms with van der Waals surface area (Å²) in [5.41, 5.74) is 1.47. The van der Waals surface area contributed by atoms with Gasteiger partial charge in [-0.15, -0.1) is 13.2 Å². The van der Waals surface area contributed by atoms with Gasteiger partial charge in [0.05, 0.1) is 28.9 Å². The van der Waals surface area contributed by atoms with E-state index in [4.69, 9.17) is 9.15 Å². The first-order valence-corrected chi connectivity index (χ1v) is 11.4. The van der Waals surface area contributed by atoms with Gasteiger partial charge in [0.1, 0.15) is 11.3 Å². The van der Waals surface area contributed by atoms with Crippen LogP contribution in [-0.2, 0) is 14.8 Å². The van der Waals surface area contributed by atoms with Crippen molar-refractivity contribution in [3.63, 3.8) is 0 Å². The summed E-state index contributed by atoms with van der Waals surface area (Å²) in [5.74, 6) is -1.24. The molecule has 12 heteroatoms. The second-order valence-electron chi connectivity index (χ2n) is 7.28. The summed E-state index contributed by atoms with van der Waals surface area (Å²) in [6.45, 7) is 1.62. The van der Waals surface area contributed by atoms with Crippen LogP contribution in [0.5, 0.6) is 5.75 Å². The number of esters is 1. The fourth-order valence-corrected chi connectivity index (χ4v) is 4.89. The Hall–Kier alpha value is -4.06. The summed E-state index contributed by atoms with van der Waals surface area (Å²) < 4.78 is 80.1. The third-order valence-corrected chi connectivity index (χ3v) is 6.76. The fraction of sp³-hybridized carbons (Fsp3) is 0.130. The van der Waals surface area contributed by atoms with Gasteiger partial charge in [-0.25, -0.2) is 22.5 Å². The number of rotatable bonds is 6. The Bertz CT molecular complexity index is 1500. The molecule has 1 aromatic heterocycles. The summed E-state index contributed by atoms with van der Waals surface area (Å²) in [7, 11) is -3.21. The first-order chi connectivity index (χ1) is 16.5. The first kappa shape index (κ1) is 24.1. The number of sulfonamides is 1. The van der Waals surface area contributed by atoms with E-state index < -0.39 is 28.1 Å². The molecule has 0 unspecified atom stereocenters. The van der Waals surface area contributed by atoms with E-state index in [0.717, 1.165) is 16.4 Å². The van der Waals surface area contributed by atoms with Crippen LogP contribution in [-0.4, -0.2) is 32.8 Å². The highest BCUT2D eigenvalue weighted by Gasteiger charge is 2.32. The van der Waals surface area contributed by atoms with Crippen molar-refractivity contribution in [2.45, 2.75) is 18.2 Å². The molecule has 0 bridgehead atoms. The van der Waals surface area contributed by atoms with E-state index in [1.165, 1.54) is 62.0 Å². The van der Waals surface area contributed by atoms with Crippen LogP contribution < -0.4 is 9.04 Å². The highest BCUT2D eigenvalue weighted by atomic mass is 32.2. The molecule has 0 aliphatic carbocycles. The van der Waals surface area contributed by atoms with Gasteiger partial charge >= 0.3 is 12.3 Å². The summed E-state index contributed by atoms with van der Waals surface area (Å²) >= 11 is 0. The normalized spacial score (nSPS) is 11.9. The monoisotopic (exact) mass is 506 g/mol. The van der Waals surface area contributed by atoms with Crippen molar-refractivity contribution in [2.75, 3.05) is 11.4 Å². The van der Waals surface area contributed by atoms with Gasteiger partial charge in [0.2, 0.25) is 0 Å². The third-order valence-electron chi connectivity index (χ3n) is 5.01. The lowest BCUT2D eigenvalue weighted by Crippen LogP contribution is -2.26. The van der Waals surface area contributed by atoms with Gasteiger partial charge in [-0.1, -0.05) is 6.07 Å². The van der Waals surface area contributed by atoms with Gasteiger partial charge in [0.15, 0.2) is 12.0 Å². The number of methoxy groups -OCH3 is 1. The number of alkyl halides is 3. The standard InChI is InChI=1S/C23H17F3N2O6S/c1-14-3-9-18(12-19(14)22(29)32-2)35(30,31)28(16-6-10-21-20(11-16)27-13-33-21)15-4-7-17(8-5-15)34-23(24,25)26/h3-13H,1-2H3. The van der Waals surface area contributed by atoms with Gasteiger partial charge in [-0.2, -0.15) is 0 Å². The number of hydrogen-bond acceptors (Lipinski definition) is 7. The molecule has 1 heterocycles. The van der Waals surface area contributed by atoms with Gasteiger partial charge in [0.25, 0.3) is 10.0 Å². The van der Waals surface area contributed by atoms with Gasteiger partial charge < -0.3 is 13.9 Å². The topological polar surface area (TPSA) is 98.9 Å². The van der Waals surface area contributed by atoms with Crippen molar-refractivity contribution < 1.29 is 40.3 Å². The van der Waals surface area contributed by atoms with Crippen LogP contribution in [0.3, 0.4) is 0 Å². The molecule has 0 saturated heterocycles. The largest absolute Gasteiger partial charge is 0.573 e. The zero-order chi connectivity index (χ0) is 25.4. The number of fused-ring (bicyclic) bond motifs is 1. The molecule has 0 amide bonds. The van der Waals surface area contributed by atoms with E-state index in [1.807, 2.05) is 0 Å². The molecule has 0 aliphatic heterocycles. The molecule has 0 atom stereocenters. The van der Waals surface area contributed by atoms with Crippen molar-refractivity contribution in [3.05, 3.63) is 78.2 Å². The van der Waals surface area contributed by atoms with E-state index in [1.54, 1.807) is 6.92 Å². The average molecular weight is 506 g/mol. The minimum atomic E-state index is -4.91. The number of carbonyl (C=O) groups excluding carboxylic acids is 1. The van der Waals surface area contributed by atoms with Gasteiger partial charge in [0, 0.05) is 0 Å². The number of ether oxygens (including phenoxy) is 2. The first-order valence-electron chi connectivity index (χ1n) is 9.93. The van der Waals surface area contributed by atoms with Crippen molar-refractivity contribution in [1.82, 2.24) is 4.98 Å². The molecule has 0 fully saturated rings. The predicted molar refractivity (Wildman–Crippen MR) is 119 cm³/mol. The Morgan fingerprint density at radius 2 is 1.69 bits per heavy atom. The van der Waals surface area contributed by atoms with Crippen LogP contribution >= 0.6 is 0 Å². The van der Waals surface area contributed by atoms with E-state index in [2.05, 4.69) is 9.72 Å². The lowest BCUT2D eigenvalue weighted by Gasteiger charge is -2.25. The molecule has 35 heavy (non-hydrogen) atoms. The van der Waals surface area contributed by atoms with Gasteiger partial charge in [-0.05, 0) is 67.1 Å².